The number of rotatable bonds is 28. The van der Waals surface area contributed by atoms with Crippen LogP contribution in [0.1, 0.15) is 93.9 Å². The van der Waals surface area contributed by atoms with Crippen LogP contribution in [0.15, 0.2) is 6.33 Å². The van der Waals surface area contributed by atoms with Gasteiger partial charge in [-0.1, -0.05) is 60.8 Å². The highest BCUT2D eigenvalue weighted by Gasteiger charge is 2.33. The van der Waals surface area contributed by atoms with Crippen molar-refractivity contribution in [3.63, 3.8) is 0 Å². The van der Waals surface area contributed by atoms with Crippen LogP contribution in [0.5, 0.6) is 0 Å². The van der Waals surface area contributed by atoms with Crippen LogP contribution in [0.2, 0.25) is 0 Å². The number of unbranched alkanes of at least 4 members (excludes halogenated alkanes) is 3. The van der Waals surface area contributed by atoms with E-state index in [0.717, 1.165) is 58.2 Å². The lowest BCUT2D eigenvalue weighted by Gasteiger charge is -2.39. The minimum Gasteiger partial charge on any atom is -0.349 e. The molecule has 4 rings (SSSR count). The molecule has 4 aromatic heterocycles. The van der Waals surface area contributed by atoms with Crippen LogP contribution >= 0.6 is 0 Å². The second-order valence-corrected chi connectivity index (χ2v) is 20.7. The molecule has 0 aliphatic carbocycles. The average Bonchev–Trinajstić information content (AvgIpc) is 3.33. The molecule has 72 heavy (non-hydrogen) atoms. The maximum atomic E-state index is 4.97. The van der Waals surface area contributed by atoms with Gasteiger partial charge in [0.15, 0.2) is 0 Å². The first kappa shape index (κ1) is 60.1. The molecule has 0 aliphatic rings. The lowest BCUT2D eigenvalue weighted by atomic mass is 9.76. The first-order chi connectivity index (χ1) is 33.8. The zero-order valence-corrected chi connectivity index (χ0v) is 48.0. The fourth-order valence-corrected chi connectivity index (χ4v) is 6.51. The second kappa shape index (κ2) is 28.1. The minimum absolute atomic E-state index is 0.0939. The van der Waals surface area contributed by atoms with Gasteiger partial charge in [-0.15, -0.1) is 0 Å². The lowest BCUT2D eigenvalue weighted by molar-refractivity contribution is 0.253. The molecule has 404 valence electrons. The molecule has 0 aromatic carbocycles. The number of nitrogens with one attached hydrogen (secondary N) is 3. The number of hydrogen-bond acceptors (Lipinski definition) is 24. The van der Waals surface area contributed by atoms with Crippen LogP contribution in [0, 0.1) is 5.41 Å². The standard InChI is InChI=1S/C35H66N18.C13H26N6/c1-15-18-21-49(10)31-38-27(37-28(40-31)46(4)5)36-26(24-52(13)34-41-29(47(6)7)39-30(42-34)48(8)9)25-53(14)35-44-32(50(11)22-19-16-2)43-33(45-35)51(12)23-20-17-3;1-12(2,3)13(4,5)18-10-15-8-16-11(17-10)19(7)9-14-6/h26H,15-25H2,1-14H3,(H,36,37,38,40);8,14H,9H2,1-7H3,(H,15,16,17,18). The molecule has 0 radical (unpaired) electrons. The highest BCUT2D eigenvalue weighted by Crippen LogP contribution is 2.32. The molecule has 0 amide bonds. The van der Waals surface area contributed by atoms with Gasteiger partial charge in [-0.3, -0.25) is 0 Å². The van der Waals surface area contributed by atoms with Gasteiger partial charge in [-0.2, -0.15) is 49.8 Å². The summed E-state index contributed by atoms with van der Waals surface area (Å²) in [6, 6.07) is -0.238. The third-order valence-corrected chi connectivity index (χ3v) is 12.2. The molecule has 0 saturated carbocycles. The van der Waals surface area contributed by atoms with Gasteiger partial charge < -0.3 is 60.0 Å². The summed E-state index contributed by atoms with van der Waals surface area (Å²) >= 11 is 0. The lowest BCUT2D eigenvalue weighted by Crippen LogP contribution is -2.44. The molecule has 24 nitrogen and oxygen atoms in total. The van der Waals surface area contributed by atoms with Crippen LogP contribution in [-0.2, 0) is 0 Å². The summed E-state index contributed by atoms with van der Waals surface area (Å²) in [7, 11) is 25.5. The Balaban J connectivity index is 0.000000602. The number of aromatic nitrogens is 12. The van der Waals surface area contributed by atoms with Crippen molar-refractivity contribution in [2.75, 3.05) is 186 Å². The molecular weight excluding hydrogens is 913 g/mol. The summed E-state index contributed by atoms with van der Waals surface area (Å²) in [6.45, 7) is 21.7. The Morgan fingerprint density at radius 1 is 0.431 bits per heavy atom. The van der Waals surface area contributed by atoms with E-state index in [1.807, 2.05) is 116 Å². The Kier molecular flexibility index (Phi) is 23.5. The van der Waals surface area contributed by atoms with E-state index in [-0.39, 0.29) is 17.0 Å². The zero-order valence-electron chi connectivity index (χ0n) is 48.0. The molecule has 0 saturated heterocycles. The van der Waals surface area contributed by atoms with E-state index in [1.54, 1.807) is 0 Å². The number of nitrogens with zero attached hydrogens (tertiary/aromatic N) is 21. The number of likely N-dealkylation sites (N-methyl/N-ethyl adjacent to an activating group) is 2. The van der Waals surface area contributed by atoms with E-state index in [4.69, 9.17) is 39.9 Å². The van der Waals surface area contributed by atoms with E-state index in [1.165, 1.54) is 6.33 Å². The van der Waals surface area contributed by atoms with E-state index in [2.05, 4.69) is 111 Å². The second-order valence-electron chi connectivity index (χ2n) is 20.7. The van der Waals surface area contributed by atoms with Crippen LogP contribution in [0.25, 0.3) is 0 Å². The van der Waals surface area contributed by atoms with Crippen molar-refractivity contribution in [2.45, 2.75) is 105 Å². The summed E-state index contributed by atoms with van der Waals surface area (Å²) in [4.78, 5) is 74.3. The molecule has 0 fully saturated rings. The Morgan fingerprint density at radius 3 is 1.17 bits per heavy atom. The Labute approximate surface area is 432 Å². The maximum Gasteiger partial charge on any atom is 0.231 e. The van der Waals surface area contributed by atoms with Crippen molar-refractivity contribution >= 4 is 65.4 Å². The van der Waals surface area contributed by atoms with Gasteiger partial charge in [0, 0.05) is 123 Å². The van der Waals surface area contributed by atoms with Gasteiger partial charge in [0.1, 0.15) is 6.33 Å². The number of hydrogen-bond donors (Lipinski definition) is 3. The normalized spacial score (nSPS) is 11.8. The summed E-state index contributed by atoms with van der Waals surface area (Å²) in [6.07, 6.45) is 7.91. The Morgan fingerprint density at radius 2 is 0.778 bits per heavy atom. The Hall–Kier alpha value is -6.20. The monoisotopic (exact) mass is 1000 g/mol. The molecule has 3 N–H and O–H groups in total. The van der Waals surface area contributed by atoms with E-state index in [0.29, 0.717) is 85.2 Å². The summed E-state index contributed by atoms with van der Waals surface area (Å²) < 4.78 is 0. The molecular formula is C48H92N24. The van der Waals surface area contributed by atoms with E-state index < -0.39 is 0 Å². The SMILES string of the molecule is CCCCN(C)c1nc(NC(CN(C)c2nc(N(C)C)nc(N(C)C)n2)CN(C)c2nc(N(C)CCCC)nc(N(C)CCCC)n2)nc(N(C)C)n1.CNCN(C)c1ncnc(NC(C)(C)C(C)(C)C)n1. The summed E-state index contributed by atoms with van der Waals surface area (Å²) in [5.74, 6) is 6.50. The van der Waals surface area contributed by atoms with Gasteiger partial charge in [0.05, 0.1) is 12.7 Å². The van der Waals surface area contributed by atoms with Crippen molar-refractivity contribution in [1.82, 2.24) is 65.1 Å². The van der Waals surface area contributed by atoms with Crippen LogP contribution in [0.4, 0.5) is 65.4 Å². The van der Waals surface area contributed by atoms with E-state index in [9.17, 15) is 0 Å². The molecule has 0 aliphatic heterocycles. The van der Waals surface area contributed by atoms with Crippen molar-refractivity contribution in [3.05, 3.63) is 6.33 Å². The van der Waals surface area contributed by atoms with Crippen LogP contribution in [-0.4, -0.2) is 202 Å². The summed E-state index contributed by atoms with van der Waals surface area (Å²) in [5, 5.41) is 10.1. The van der Waals surface area contributed by atoms with Gasteiger partial charge in [-0.25, -0.2) is 9.97 Å². The largest absolute Gasteiger partial charge is 0.349 e. The predicted molar refractivity (Wildman–Crippen MR) is 300 cm³/mol. The minimum atomic E-state index is -0.238. The van der Waals surface area contributed by atoms with Gasteiger partial charge in [0.25, 0.3) is 0 Å². The Bertz CT molecular complexity index is 2140. The first-order valence-corrected chi connectivity index (χ1v) is 25.3. The highest BCUT2D eigenvalue weighted by atomic mass is 15.4. The van der Waals surface area contributed by atoms with Crippen molar-refractivity contribution < 1.29 is 0 Å². The summed E-state index contributed by atoms with van der Waals surface area (Å²) in [5.41, 5.74) is -0.0239. The third-order valence-electron chi connectivity index (χ3n) is 12.2. The molecule has 4 aromatic rings. The van der Waals surface area contributed by atoms with Crippen LogP contribution in [0.3, 0.4) is 0 Å². The van der Waals surface area contributed by atoms with Gasteiger partial charge in [0.2, 0.25) is 65.4 Å². The average molecular weight is 1010 g/mol. The van der Waals surface area contributed by atoms with Crippen molar-refractivity contribution in [3.8, 4) is 0 Å². The molecule has 1 unspecified atom stereocenters. The van der Waals surface area contributed by atoms with E-state index >= 15 is 0 Å². The maximum absolute atomic E-state index is 4.97. The predicted octanol–water partition coefficient (Wildman–Crippen LogP) is 4.92. The third kappa shape index (κ3) is 18.4. The smallest absolute Gasteiger partial charge is 0.231 e. The molecule has 1 atom stereocenters. The molecule has 4 heterocycles. The first-order valence-electron chi connectivity index (χ1n) is 25.3. The molecule has 0 spiro atoms. The van der Waals surface area contributed by atoms with Crippen molar-refractivity contribution in [2.24, 2.45) is 5.41 Å². The molecule has 0 bridgehead atoms. The molecule has 24 heteroatoms. The fourth-order valence-electron chi connectivity index (χ4n) is 6.51. The highest BCUT2D eigenvalue weighted by molar-refractivity contribution is 5.49. The zero-order chi connectivity index (χ0) is 53.9. The van der Waals surface area contributed by atoms with Crippen molar-refractivity contribution in [1.29, 1.82) is 0 Å². The van der Waals surface area contributed by atoms with Gasteiger partial charge >= 0.3 is 0 Å². The number of anilines is 11. The topological polar surface area (TPSA) is 220 Å². The van der Waals surface area contributed by atoms with Gasteiger partial charge in [-0.05, 0) is 45.6 Å². The van der Waals surface area contributed by atoms with Crippen LogP contribution < -0.4 is 60.0 Å². The fraction of sp³-hybridized carbons (Fsp3) is 0.750. The quantitative estimate of drug-likeness (QED) is 0.0643.